The summed E-state index contributed by atoms with van der Waals surface area (Å²) in [5, 5.41) is 3.28. The Labute approximate surface area is 191 Å². The van der Waals surface area contributed by atoms with Crippen molar-refractivity contribution in [1.82, 2.24) is 15.1 Å². The van der Waals surface area contributed by atoms with E-state index < -0.39 is 0 Å². The van der Waals surface area contributed by atoms with E-state index in [-0.39, 0.29) is 48.3 Å². The highest BCUT2D eigenvalue weighted by atomic mass is 127. The molecule has 2 amide bonds. The molecule has 0 spiro atoms. The Morgan fingerprint density at radius 1 is 1.28 bits per heavy atom. The number of piperidine rings is 1. The summed E-state index contributed by atoms with van der Waals surface area (Å²) in [5.74, 6) is 0.729. The molecule has 0 saturated carbocycles. The van der Waals surface area contributed by atoms with Crippen LogP contribution >= 0.6 is 24.0 Å². The van der Waals surface area contributed by atoms with Crippen molar-refractivity contribution in [3.8, 4) is 0 Å². The minimum atomic E-state index is -0.261. The zero-order valence-corrected chi connectivity index (χ0v) is 19.8. The van der Waals surface area contributed by atoms with E-state index in [9.17, 15) is 9.59 Å². The first-order chi connectivity index (χ1) is 13.5. The van der Waals surface area contributed by atoms with Crippen LogP contribution in [0.5, 0.6) is 0 Å². The average molecular weight is 515 g/mol. The number of benzene rings is 1. The third-order valence-electron chi connectivity index (χ3n) is 4.96. The highest BCUT2D eigenvalue weighted by Gasteiger charge is 2.24. The van der Waals surface area contributed by atoms with E-state index in [2.05, 4.69) is 15.2 Å². The predicted molar refractivity (Wildman–Crippen MR) is 127 cm³/mol. The number of hydrogen-bond donors (Lipinski definition) is 2. The fourth-order valence-corrected chi connectivity index (χ4v) is 3.56. The second kappa shape index (κ2) is 13.4. The number of carbonyl (C=O) groups is 2. The fourth-order valence-electron chi connectivity index (χ4n) is 3.56. The molecule has 1 aliphatic rings. The Balaban J connectivity index is 0.00000420. The van der Waals surface area contributed by atoms with E-state index in [1.165, 1.54) is 0 Å². The Bertz CT molecular complexity index is 668. The third-order valence-corrected chi connectivity index (χ3v) is 4.96. The SMILES string of the molecule is CCNC(=NCC(=O)N(CC)Cc1ccccc1)N1CCCC(CC(N)=O)C1.I. The molecular weight excluding hydrogens is 481 g/mol. The normalized spacial score (nSPS) is 16.7. The highest BCUT2D eigenvalue weighted by Crippen LogP contribution is 2.19. The van der Waals surface area contributed by atoms with Crippen LogP contribution in [0, 0.1) is 5.92 Å². The van der Waals surface area contributed by atoms with Gasteiger partial charge in [-0.15, -0.1) is 24.0 Å². The Morgan fingerprint density at radius 3 is 2.62 bits per heavy atom. The predicted octanol–water partition coefficient (Wildman–Crippen LogP) is 2.21. The van der Waals surface area contributed by atoms with Crippen LogP contribution in [0.3, 0.4) is 0 Å². The van der Waals surface area contributed by atoms with Gasteiger partial charge in [0.1, 0.15) is 6.54 Å². The number of guanidine groups is 1. The first-order valence-electron chi connectivity index (χ1n) is 10.2. The standard InChI is InChI=1S/C21H33N5O2.HI/c1-3-23-21(26-12-8-11-18(16-26)13-19(22)27)24-14-20(28)25(4-2)15-17-9-6-5-7-10-17;/h5-7,9-10,18H,3-4,8,11-16H2,1-2H3,(H2,22,27)(H,23,24);1H. The number of nitrogens with zero attached hydrogens (tertiary/aromatic N) is 3. The Morgan fingerprint density at radius 2 is 2.00 bits per heavy atom. The van der Waals surface area contributed by atoms with Gasteiger partial charge in [0, 0.05) is 39.1 Å². The molecule has 0 radical (unpaired) electrons. The van der Waals surface area contributed by atoms with Gasteiger partial charge in [0.2, 0.25) is 11.8 Å². The summed E-state index contributed by atoms with van der Waals surface area (Å²) in [5.41, 5.74) is 6.47. The molecular formula is C21H34IN5O2. The fraction of sp³-hybridized carbons (Fsp3) is 0.571. The Kier molecular flexibility index (Phi) is 11.6. The molecule has 2 rings (SSSR count). The van der Waals surface area contributed by atoms with Crippen LogP contribution in [0.4, 0.5) is 0 Å². The summed E-state index contributed by atoms with van der Waals surface area (Å²) in [6, 6.07) is 9.98. The van der Waals surface area contributed by atoms with Crippen LogP contribution in [0.15, 0.2) is 35.3 Å². The maximum atomic E-state index is 12.7. The molecule has 0 aliphatic carbocycles. The number of hydrogen-bond acceptors (Lipinski definition) is 3. The van der Waals surface area contributed by atoms with Crippen molar-refractivity contribution in [1.29, 1.82) is 0 Å². The van der Waals surface area contributed by atoms with Gasteiger partial charge in [-0.25, -0.2) is 4.99 Å². The molecule has 1 saturated heterocycles. The van der Waals surface area contributed by atoms with Gasteiger partial charge in [-0.2, -0.15) is 0 Å². The number of halogens is 1. The number of carbonyl (C=O) groups excluding carboxylic acids is 2. The van der Waals surface area contributed by atoms with Crippen LogP contribution < -0.4 is 11.1 Å². The molecule has 29 heavy (non-hydrogen) atoms. The van der Waals surface area contributed by atoms with Gasteiger partial charge >= 0.3 is 0 Å². The number of amides is 2. The van der Waals surface area contributed by atoms with Crippen molar-refractivity contribution in [3.63, 3.8) is 0 Å². The maximum Gasteiger partial charge on any atom is 0.244 e. The molecule has 1 fully saturated rings. The first kappa shape index (κ1) is 25.2. The number of rotatable bonds is 8. The summed E-state index contributed by atoms with van der Waals surface area (Å²) in [6.45, 7) is 7.67. The molecule has 1 aromatic carbocycles. The first-order valence-corrected chi connectivity index (χ1v) is 10.2. The molecule has 3 N–H and O–H groups in total. The second-order valence-corrected chi connectivity index (χ2v) is 7.19. The van der Waals surface area contributed by atoms with Gasteiger partial charge in [-0.1, -0.05) is 30.3 Å². The van der Waals surface area contributed by atoms with Crippen LogP contribution in [0.1, 0.15) is 38.7 Å². The largest absolute Gasteiger partial charge is 0.370 e. The summed E-state index contributed by atoms with van der Waals surface area (Å²) < 4.78 is 0. The van der Waals surface area contributed by atoms with Gasteiger partial charge < -0.3 is 20.9 Å². The second-order valence-electron chi connectivity index (χ2n) is 7.19. The third kappa shape index (κ3) is 8.59. The molecule has 8 heteroatoms. The lowest BCUT2D eigenvalue weighted by Gasteiger charge is -2.34. The molecule has 1 heterocycles. The van der Waals surface area contributed by atoms with E-state index >= 15 is 0 Å². The number of likely N-dealkylation sites (N-methyl/N-ethyl adjacent to an activating group) is 1. The maximum absolute atomic E-state index is 12.7. The lowest BCUT2D eigenvalue weighted by Crippen LogP contribution is -2.47. The average Bonchev–Trinajstić information content (AvgIpc) is 2.69. The zero-order valence-electron chi connectivity index (χ0n) is 17.5. The summed E-state index contributed by atoms with van der Waals surface area (Å²) in [7, 11) is 0. The van der Waals surface area contributed by atoms with Crippen molar-refractivity contribution in [2.45, 2.75) is 39.7 Å². The molecule has 1 atom stereocenters. The molecule has 0 aromatic heterocycles. The quantitative estimate of drug-likeness (QED) is 0.316. The van der Waals surface area contributed by atoms with E-state index in [0.717, 1.165) is 44.0 Å². The van der Waals surface area contributed by atoms with Crippen LogP contribution in [0.2, 0.25) is 0 Å². The highest BCUT2D eigenvalue weighted by molar-refractivity contribution is 14.0. The van der Waals surface area contributed by atoms with E-state index in [0.29, 0.717) is 19.5 Å². The number of aliphatic imine (C=N–C) groups is 1. The summed E-state index contributed by atoms with van der Waals surface area (Å²) in [6.07, 6.45) is 2.39. The topological polar surface area (TPSA) is 91.0 Å². The van der Waals surface area contributed by atoms with E-state index in [1.807, 2.05) is 49.1 Å². The minimum Gasteiger partial charge on any atom is -0.370 e. The van der Waals surface area contributed by atoms with Crippen molar-refractivity contribution >= 4 is 41.8 Å². The lowest BCUT2D eigenvalue weighted by molar-refractivity contribution is -0.130. The van der Waals surface area contributed by atoms with Crippen molar-refractivity contribution < 1.29 is 9.59 Å². The summed E-state index contributed by atoms with van der Waals surface area (Å²) in [4.78, 5) is 32.5. The van der Waals surface area contributed by atoms with Gasteiger partial charge in [-0.05, 0) is 38.2 Å². The molecule has 0 bridgehead atoms. The Hall–Kier alpha value is -1.84. The van der Waals surface area contributed by atoms with Gasteiger partial charge in [0.25, 0.3) is 0 Å². The van der Waals surface area contributed by atoms with Gasteiger partial charge in [0.05, 0.1) is 0 Å². The van der Waals surface area contributed by atoms with Crippen LogP contribution in [-0.4, -0.2) is 60.3 Å². The lowest BCUT2D eigenvalue weighted by atomic mass is 9.95. The number of primary amides is 1. The molecule has 1 aromatic rings. The van der Waals surface area contributed by atoms with E-state index in [4.69, 9.17) is 5.73 Å². The van der Waals surface area contributed by atoms with Crippen molar-refractivity contribution in [2.24, 2.45) is 16.6 Å². The molecule has 1 aliphatic heterocycles. The van der Waals surface area contributed by atoms with Gasteiger partial charge in [0.15, 0.2) is 5.96 Å². The zero-order chi connectivity index (χ0) is 20.4. The van der Waals surface area contributed by atoms with Crippen molar-refractivity contribution in [3.05, 3.63) is 35.9 Å². The number of nitrogens with one attached hydrogen (secondary N) is 1. The number of likely N-dealkylation sites (tertiary alicyclic amines) is 1. The van der Waals surface area contributed by atoms with Crippen molar-refractivity contribution in [2.75, 3.05) is 32.7 Å². The van der Waals surface area contributed by atoms with E-state index in [1.54, 1.807) is 0 Å². The smallest absolute Gasteiger partial charge is 0.244 e. The monoisotopic (exact) mass is 515 g/mol. The van der Waals surface area contributed by atoms with Crippen LogP contribution in [-0.2, 0) is 16.1 Å². The number of nitrogens with two attached hydrogens (primary N) is 1. The van der Waals surface area contributed by atoms with Gasteiger partial charge in [-0.3, -0.25) is 9.59 Å². The molecule has 1 unspecified atom stereocenters. The molecule has 162 valence electrons. The minimum absolute atomic E-state index is 0. The van der Waals surface area contributed by atoms with Crippen LogP contribution in [0.25, 0.3) is 0 Å². The molecule has 7 nitrogen and oxygen atoms in total. The summed E-state index contributed by atoms with van der Waals surface area (Å²) >= 11 is 0.